The summed E-state index contributed by atoms with van der Waals surface area (Å²) in [6, 6.07) is 0. The molecule has 170 valence electrons. The van der Waals surface area contributed by atoms with Crippen LogP contribution in [0.1, 0.15) is 71.1 Å². The van der Waals surface area contributed by atoms with Gasteiger partial charge in [-0.2, -0.15) is 0 Å². The van der Waals surface area contributed by atoms with Gasteiger partial charge in [0.15, 0.2) is 0 Å². The standard InChI is InChI=1S/C21H41N3O5/c1-19(25)23-13-15-27-17-18-28-16-14-24(29-20-9-5-4-6-10-20)21(26)11-7-2-3-8-12-22/h20H,2-18,22H2,1H3,(H,23,25). The van der Waals surface area contributed by atoms with Gasteiger partial charge in [-0.15, -0.1) is 0 Å². The lowest BCUT2D eigenvalue weighted by atomic mass is 9.98. The number of carbonyl (C=O) groups is 2. The Balaban J connectivity index is 2.22. The van der Waals surface area contributed by atoms with Gasteiger partial charge in [0.05, 0.1) is 39.1 Å². The highest BCUT2D eigenvalue weighted by atomic mass is 16.7. The number of nitrogens with zero attached hydrogens (tertiary/aromatic N) is 1. The number of hydroxylamine groups is 2. The molecule has 3 N–H and O–H groups in total. The molecule has 8 nitrogen and oxygen atoms in total. The lowest BCUT2D eigenvalue weighted by Gasteiger charge is -2.29. The first-order chi connectivity index (χ1) is 14.1. The summed E-state index contributed by atoms with van der Waals surface area (Å²) in [4.78, 5) is 29.4. The van der Waals surface area contributed by atoms with Crippen molar-refractivity contribution in [2.24, 2.45) is 5.73 Å². The molecule has 0 radical (unpaired) electrons. The lowest BCUT2D eigenvalue weighted by Crippen LogP contribution is -2.38. The van der Waals surface area contributed by atoms with E-state index in [-0.39, 0.29) is 17.9 Å². The molecule has 2 amide bonds. The molecule has 0 aromatic carbocycles. The molecule has 0 aromatic heterocycles. The predicted octanol–water partition coefficient (Wildman–Crippen LogP) is 2.16. The first-order valence-corrected chi connectivity index (χ1v) is 11.2. The number of unbranched alkanes of at least 4 members (excludes halogenated alkanes) is 3. The number of ether oxygens (including phenoxy) is 2. The van der Waals surface area contributed by atoms with Gasteiger partial charge in [-0.25, -0.2) is 5.06 Å². The molecule has 0 aliphatic heterocycles. The lowest BCUT2D eigenvalue weighted by molar-refractivity contribution is -0.214. The van der Waals surface area contributed by atoms with Crippen LogP contribution in [0.3, 0.4) is 0 Å². The average molecular weight is 416 g/mol. The predicted molar refractivity (Wildman–Crippen MR) is 112 cm³/mol. The third kappa shape index (κ3) is 14.4. The van der Waals surface area contributed by atoms with Gasteiger partial charge >= 0.3 is 0 Å². The van der Waals surface area contributed by atoms with E-state index in [2.05, 4.69) is 5.32 Å². The van der Waals surface area contributed by atoms with E-state index in [1.54, 1.807) is 0 Å². The molecule has 0 heterocycles. The second-order valence-electron chi connectivity index (χ2n) is 7.52. The van der Waals surface area contributed by atoms with Gasteiger partial charge in [0.25, 0.3) is 0 Å². The maximum Gasteiger partial charge on any atom is 0.246 e. The monoisotopic (exact) mass is 415 g/mol. The molecule has 29 heavy (non-hydrogen) atoms. The summed E-state index contributed by atoms with van der Waals surface area (Å²) in [5.41, 5.74) is 5.51. The number of hydrogen-bond acceptors (Lipinski definition) is 6. The van der Waals surface area contributed by atoms with Gasteiger partial charge in [0, 0.05) is 19.9 Å². The smallest absolute Gasteiger partial charge is 0.246 e. The summed E-state index contributed by atoms with van der Waals surface area (Å²) < 4.78 is 11.0. The molecule has 1 aliphatic carbocycles. The highest BCUT2D eigenvalue weighted by Gasteiger charge is 2.21. The quantitative estimate of drug-likeness (QED) is 0.279. The zero-order chi connectivity index (χ0) is 21.2. The Hall–Kier alpha value is -1.22. The molecule has 1 saturated carbocycles. The topological polar surface area (TPSA) is 103 Å². The van der Waals surface area contributed by atoms with Gasteiger partial charge < -0.3 is 20.5 Å². The van der Waals surface area contributed by atoms with Gasteiger partial charge in [-0.1, -0.05) is 32.1 Å². The van der Waals surface area contributed by atoms with Gasteiger partial charge in [0.2, 0.25) is 11.8 Å². The number of amides is 2. The van der Waals surface area contributed by atoms with Crippen molar-refractivity contribution in [2.75, 3.05) is 46.1 Å². The van der Waals surface area contributed by atoms with E-state index >= 15 is 0 Å². The van der Waals surface area contributed by atoms with Crippen LogP contribution in [0.25, 0.3) is 0 Å². The number of nitrogens with two attached hydrogens (primary N) is 1. The van der Waals surface area contributed by atoms with E-state index in [1.807, 2.05) is 0 Å². The minimum Gasteiger partial charge on any atom is -0.377 e. The van der Waals surface area contributed by atoms with Gasteiger partial charge in [-0.05, 0) is 32.2 Å². The van der Waals surface area contributed by atoms with Crippen molar-refractivity contribution in [2.45, 2.75) is 77.2 Å². The van der Waals surface area contributed by atoms with E-state index in [0.29, 0.717) is 52.5 Å². The van der Waals surface area contributed by atoms with Crippen molar-refractivity contribution in [3.63, 3.8) is 0 Å². The van der Waals surface area contributed by atoms with Crippen molar-refractivity contribution < 1.29 is 23.9 Å². The van der Waals surface area contributed by atoms with Crippen molar-refractivity contribution in [3.8, 4) is 0 Å². The summed E-state index contributed by atoms with van der Waals surface area (Å²) in [7, 11) is 0. The molecule has 0 aromatic rings. The molecule has 0 atom stereocenters. The van der Waals surface area contributed by atoms with Crippen LogP contribution in [-0.4, -0.2) is 69.0 Å². The Kier molecular flexibility index (Phi) is 15.7. The number of rotatable bonds is 17. The van der Waals surface area contributed by atoms with Gasteiger partial charge in [-0.3, -0.25) is 14.4 Å². The summed E-state index contributed by atoms with van der Waals surface area (Å²) in [5, 5.41) is 4.19. The molecule has 1 aliphatic rings. The first-order valence-electron chi connectivity index (χ1n) is 11.2. The van der Waals surface area contributed by atoms with Crippen LogP contribution in [0, 0.1) is 0 Å². The second kappa shape index (κ2) is 17.6. The van der Waals surface area contributed by atoms with E-state index < -0.39 is 0 Å². The molecule has 0 unspecified atom stereocenters. The molecule has 0 saturated heterocycles. The first kappa shape index (κ1) is 25.8. The van der Waals surface area contributed by atoms with Crippen LogP contribution in [0.15, 0.2) is 0 Å². The van der Waals surface area contributed by atoms with Crippen LogP contribution in [0.2, 0.25) is 0 Å². The van der Waals surface area contributed by atoms with E-state index in [9.17, 15) is 9.59 Å². The average Bonchev–Trinajstić information content (AvgIpc) is 2.72. The largest absolute Gasteiger partial charge is 0.377 e. The van der Waals surface area contributed by atoms with Crippen LogP contribution in [0.4, 0.5) is 0 Å². The van der Waals surface area contributed by atoms with Crippen LogP contribution in [-0.2, 0) is 23.9 Å². The molecular formula is C21H41N3O5. The fourth-order valence-corrected chi connectivity index (χ4v) is 3.25. The van der Waals surface area contributed by atoms with Crippen molar-refractivity contribution >= 4 is 11.8 Å². The van der Waals surface area contributed by atoms with Crippen LogP contribution in [0.5, 0.6) is 0 Å². The molecule has 0 bridgehead atoms. The van der Waals surface area contributed by atoms with Crippen molar-refractivity contribution in [1.29, 1.82) is 0 Å². The second-order valence-corrected chi connectivity index (χ2v) is 7.52. The number of carbonyl (C=O) groups excluding carboxylic acids is 2. The highest BCUT2D eigenvalue weighted by molar-refractivity contribution is 5.75. The van der Waals surface area contributed by atoms with Crippen LogP contribution < -0.4 is 11.1 Å². The molecule has 1 rings (SSSR count). The minimum atomic E-state index is -0.0630. The Morgan fingerprint density at radius 2 is 1.66 bits per heavy atom. The Bertz CT molecular complexity index is 431. The van der Waals surface area contributed by atoms with Gasteiger partial charge in [0.1, 0.15) is 0 Å². The Morgan fingerprint density at radius 1 is 0.966 bits per heavy atom. The SMILES string of the molecule is CC(=O)NCCOCCOCCN(OC1CCCCC1)C(=O)CCCCCCN. The minimum absolute atomic E-state index is 0.0403. The highest BCUT2D eigenvalue weighted by Crippen LogP contribution is 2.21. The fraction of sp³-hybridized carbons (Fsp3) is 0.905. The summed E-state index contributed by atoms with van der Waals surface area (Å²) in [6.45, 7) is 4.90. The maximum atomic E-state index is 12.6. The Morgan fingerprint density at radius 3 is 2.34 bits per heavy atom. The summed E-state index contributed by atoms with van der Waals surface area (Å²) in [5.74, 6) is -0.0227. The van der Waals surface area contributed by atoms with Crippen molar-refractivity contribution in [1.82, 2.24) is 10.4 Å². The summed E-state index contributed by atoms with van der Waals surface area (Å²) >= 11 is 0. The fourth-order valence-electron chi connectivity index (χ4n) is 3.25. The maximum absolute atomic E-state index is 12.6. The molecule has 8 heteroatoms. The zero-order valence-electron chi connectivity index (χ0n) is 18.2. The van der Waals surface area contributed by atoms with E-state index in [1.165, 1.54) is 18.4 Å². The zero-order valence-corrected chi connectivity index (χ0v) is 18.2. The number of nitrogens with one attached hydrogen (secondary N) is 1. The van der Waals surface area contributed by atoms with E-state index in [4.69, 9.17) is 20.0 Å². The third-order valence-corrected chi connectivity index (χ3v) is 4.88. The van der Waals surface area contributed by atoms with Crippen LogP contribution >= 0.6 is 0 Å². The van der Waals surface area contributed by atoms with Crippen molar-refractivity contribution in [3.05, 3.63) is 0 Å². The molecule has 0 spiro atoms. The number of hydrogen-bond donors (Lipinski definition) is 2. The molecular weight excluding hydrogens is 374 g/mol. The Labute approximate surface area is 175 Å². The molecule has 1 fully saturated rings. The normalized spacial score (nSPS) is 14.7. The summed E-state index contributed by atoms with van der Waals surface area (Å²) in [6.07, 6.45) is 10.2. The van der Waals surface area contributed by atoms with E-state index in [0.717, 1.165) is 51.4 Å². The third-order valence-electron chi connectivity index (χ3n) is 4.88.